The third-order valence-corrected chi connectivity index (χ3v) is 12.7. The number of pyridine rings is 1. The number of anilines is 1. The van der Waals surface area contributed by atoms with Gasteiger partial charge in [0.05, 0.1) is 19.3 Å². The number of carbonyl (C=O) groups is 2. The molecule has 1 saturated heterocycles. The predicted molar refractivity (Wildman–Crippen MR) is 197 cm³/mol. The number of amides is 2. The molecule has 1 N–H and O–H groups in total. The molecule has 2 bridgehead atoms. The van der Waals surface area contributed by atoms with E-state index in [1.165, 1.54) is 17.5 Å². The summed E-state index contributed by atoms with van der Waals surface area (Å²) in [5, 5.41) is 13.7. The van der Waals surface area contributed by atoms with Crippen LogP contribution in [-0.2, 0) is 14.9 Å². The first kappa shape index (κ1) is 35.5. The molecule has 4 saturated carbocycles. The second-order valence-electron chi connectivity index (χ2n) is 16.0. The number of fused-ring (bicyclic) bond motifs is 3. The summed E-state index contributed by atoms with van der Waals surface area (Å²) in [5.74, 6) is 2.32. The third kappa shape index (κ3) is 7.39. The zero-order valence-corrected chi connectivity index (χ0v) is 30.7. The smallest absolute Gasteiger partial charge is 0.409 e. The van der Waals surface area contributed by atoms with Gasteiger partial charge in [-0.25, -0.2) is 9.78 Å². The number of ether oxygens (including phenoxy) is 2. The summed E-state index contributed by atoms with van der Waals surface area (Å²) >= 11 is 0. The van der Waals surface area contributed by atoms with Gasteiger partial charge in [-0.15, -0.1) is 0 Å². The van der Waals surface area contributed by atoms with Crippen LogP contribution in [0.25, 0.3) is 11.1 Å². The van der Waals surface area contributed by atoms with Crippen molar-refractivity contribution in [3.8, 4) is 16.9 Å². The Hall–Kier alpha value is -3.92. The highest BCUT2D eigenvalue weighted by Crippen LogP contribution is 2.58. The zero-order chi connectivity index (χ0) is 35.6. The molecule has 10 heteroatoms. The van der Waals surface area contributed by atoms with Gasteiger partial charge in [-0.1, -0.05) is 31.4 Å². The minimum absolute atomic E-state index is 0.0530. The molecule has 10 nitrogen and oxygen atoms in total. The first-order valence-corrected chi connectivity index (χ1v) is 19.2. The quantitative estimate of drug-likeness (QED) is 0.209. The number of hydrogen-bond donors (Lipinski definition) is 1. The van der Waals surface area contributed by atoms with E-state index in [4.69, 9.17) is 19.6 Å². The maximum atomic E-state index is 14.4. The van der Waals surface area contributed by atoms with Gasteiger partial charge in [-0.05, 0) is 123 Å². The van der Waals surface area contributed by atoms with Crippen LogP contribution in [0.15, 0.2) is 48.9 Å². The van der Waals surface area contributed by atoms with Gasteiger partial charge in [0, 0.05) is 50.1 Å². The lowest BCUT2D eigenvalue weighted by Gasteiger charge is -2.55. The molecular formula is C41H55N5O5. The van der Waals surface area contributed by atoms with Gasteiger partial charge in [-0.2, -0.15) is 5.10 Å². The average molecular weight is 698 g/mol. The molecule has 0 radical (unpaired) electrons. The number of aliphatic hydroxyl groups is 1. The number of aliphatic hydroxyl groups excluding tert-OH is 1. The lowest BCUT2D eigenvalue weighted by Crippen LogP contribution is -2.51. The third-order valence-electron chi connectivity index (χ3n) is 12.7. The molecular weight excluding hydrogens is 642 g/mol. The first-order chi connectivity index (χ1) is 24.7. The van der Waals surface area contributed by atoms with E-state index in [2.05, 4.69) is 41.2 Å². The van der Waals surface area contributed by atoms with Gasteiger partial charge in [0.25, 0.3) is 0 Å². The van der Waals surface area contributed by atoms with Crippen molar-refractivity contribution < 1.29 is 24.2 Å². The van der Waals surface area contributed by atoms with Crippen molar-refractivity contribution >= 4 is 17.8 Å². The predicted octanol–water partition coefficient (Wildman–Crippen LogP) is 7.48. The van der Waals surface area contributed by atoms with Crippen LogP contribution in [0, 0.1) is 24.2 Å². The summed E-state index contributed by atoms with van der Waals surface area (Å²) in [7, 11) is 1.74. The van der Waals surface area contributed by atoms with Crippen molar-refractivity contribution in [2.75, 3.05) is 44.9 Å². The molecule has 274 valence electrons. The van der Waals surface area contributed by atoms with E-state index in [0.29, 0.717) is 25.4 Å². The summed E-state index contributed by atoms with van der Waals surface area (Å²) in [4.78, 5) is 35.5. The molecule has 1 atom stereocenters. The van der Waals surface area contributed by atoms with Crippen molar-refractivity contribution in [2.24, 2.45) is 17.3 Å². The number of methoxy groups -OCH3 is 1. The van der Waals surface area contributed by atoms with Crippen LogP contribution in [0.4, 0.5) is 10.6 Å². The highest BCUT2D eigenvalue weighted by molar-refractivity contribution is 5.95. The van der Waals surface area contributed by atoms with Crippen molar-refractivity contribution in [3.05, 3.63) is 60.0 Å². The Morgan fingerprint density at radius 3 is 2.45 bits per heavy atom. The van der Waals surface area contributed by atoms with E-state index in [0.717, 1.165) is 93.4 Å². The summed E-state index contributed by atoms with van der Waals surface area (Å²) in [6.07, 6.45) is 18.2. The van der Waals surface area contributed by atoms with Gasteiger partial charge >= 0.3 is 6.09 Å². The van der Waals surface area contributed by atoms with Gasteiger partial charge in [0.2, 0.25) is 5.91 Å². The normalized spacial score (nSPS) is 24.2. The summed E-state index contributed by atoms with van der Waals surface area (Å²) in [6, 6.07) is 10.6. The molecule has 8 rings (SSSR count). The fourth-order valence-corrected chi connectivity index (χ4v) is 9.24. The Morgan fingerprint density at radius 2 is 1.76 bits per heavy atom. The Bertz CT molecular complexity index is 1670. The number of hydrogen-bond acceptors (Lipinski definition) is 7. The van der Waals surface area contributed by atoms with Crippen molar-refractivity contribution in [3.63, 3.8) is 0 Å². The fraction of sp³-hybridized carbons (Fsp3) is 0.610. The molecule has 2 amide bonds. The number of benzene rings is 1. The molecule has 1 aliphatic heterocycles. The van der Waals surface area contributed by atoms with Crippen LogP contribution in [-0.4, -0.2) is 76.7 Å². The van der Waals surface area contributed by atoms with Crippen LogP contribution < -0.4 is 9.64 Å². The van der Waals surface area contributed by atoms with Crippen molar-refractivity contribution in [1.82, 2.24) is 19.7 Å². The Balaban J connectivity index is 1.05. The van der Waals surface area contributed by atoms with E-state index in [-0.39, 0.29) is 48.0 Å². The molecule has 0 spiro atoms. The van der Waals surface area contributed by atoms with Crippen LogP contribution in [0.5, 0.6) is 5.75 Å². The minimum Gasteiger partial charge on any atom is -0.496 e. The number of aryl methyl sites for hydroxylation is 1. The number of carbonyl (C=O) groups excluding carboxylic acids is 2. The Labute approximate surface area is 302 Å². The molecule has 3 aromatic rings. The lowest BCUT2D eigenvalue weighted by molar-refractivity contribution is -0.124. The zero-order valence-electron chi connectivity index (χ0n) is 30.7. The number of rotatable bonds is 12. The van der Waals surface area contributed by atoms with Gasteiger partial charge in [0.15, 0.2) is 0 Å². The molecule has 5 fully saturated rings. The molecule has 51 heavy (non-hydrogen) atoms. The summed E-state index contributed by atoms with van der Waals surface area (Å²) in [6.45, 7) is 6.47. The highest BCUT2D eigenvalue weighted by atomic mass is 16.6. The van der Waals surface area contributed by atoms with Crippen LogP contribution in [0.1, 0.15) is 101 Å². The topological polar surface area (TPSA) is 110 Å². The Morgan fingerprint density at radius 1 is 1.02 bits per heavy atom. The maximum Gasteiger partial charge on any atom is 0.409 e. The van der Waals surface area contributed by atoms with E-state index >= 15 is 0 Å². The molecule has 1 aromatic carbocycles. The molecule has 1 unspecified atom stereocenters. The largest absolute Gasteiger partial charge is 0.496 e. The molecule has 3 heterocycles. The fourth-order valence-electron chi connectivity index (χ4n) is 9.24. The van der Waals surface area contributed by atoms with Gasteiger partial charge < -0.3 is 19.5 Å². The van der Waals surface area contributed by atoms with Gasteiger partial charge in [0.1, 0.15) is 18.2 Å². The second-order valence-corrected chi connectivity index (χ2v) is 16.0. The van der Waals surface area contributed by atoms with Gasteiger partial charge in [-0.3, -0.25) is 14.4 Å². The van der Waals surface area contributed by atoms with E-state index < -0.39 is 0 Å². The van der Waals surface area contributed by atoms with E-state index in [1.54, 1.807) is 12.0 Å². The van der Waals surface area contributed by atoms with Crippen molar-refractivity contribution in [2.45, 2.75) is 102 Å². The van der Waals surface area contributed by atoms with Crippen LogP contribution >= 0.6 is 0 Å². The van der Waals surface area contributed by atoms with E-state index in [9.17, 15) is 9.59 Å². The minimum atomic E-state index is -0.318. The standard InChI is InChI=1S/C41H55N5O5/c1-29-21-35(9-10-36(29)50-3)41-16-13-40(14-17-41,15-18-41)28-45(38(48)32-7-5-4-6-8-32)37-22-33(11-19-42-37)34-23-43-46(26-34)30(2)27-51-39(49)44-24-31(25-44)12-20-47/h9-11,19,21-23,26,30-32,47H,4-8,12-18,20,24-25,27-28H2,1-3H3. The number of aromatic nitrogens is 3. The summed E-state index contributed by atoms with van der Waals surface area (Å²) in [5.41, 5.74) is 4.84. The number of nitrogens with zero attached hydrogens (tertiary/aromatic N) is 5. The first-order valence-electron chi connectivity index (χ1n) is 19.2. The Kier molecular flexibility index (Phi) is 10.4. The monoisotopic (exact) mass is 697 g/mol. The molecule has 5 aliphatic rings. The van der Waals surface area contributed by atoms with E-state index in [1.807, 2.05) is 36.3 Å². The SMILES string of the molecule is COc1ccc(C23CCC(CN(C(=O)C4CCCCC4)c4cc(-c5cnn(C(C)COC(=O)N6CC(CCO)C6)c5)ccn4)(CC2)CC3)cc1C. The maximum absolute atomic E-state index is 14.4. The number of likely N-dealkylation sites (tertiary alicyclic amines) is 1. The second kappa shape index (κ2) is 15.0. The van der Waals surface area contributed by atoms with Crippen molar-refractivity contribution in [1.29, 1.82) is 0 Å². The lowest BCUT2D eigenvalue weighted by atomic mass is 9.51. The average Bonchev–Trinajstić information content (AvgIpc) is 3.66. The summed E-state index contributed by atoms with van der Waals surface area (Å²) < 4.78 is 13.0. The van der Waals surface area contributed by atoms with Crippen LogP contribution in [0.3, 0.4) is 0 Å². The molecule has 2 aromatic heterocycles. The highest BCUT2D eigenvalue weighted by Gasteiger charge is 2.50. The van der Waals surface area contributed by atoms with Crippen LogP contribution in [0.2, 0.25) is 0 Å². The molecule has 4 aliphatic carbocycles.